The molecule has 0 radical (unpaired) electrons. The van der Waals surface area contributed by atoms with Crippen LogP contribution in [0.25, 0.3) is 0 Å². The topological polar surface area (TPSA) is 54.0 Å². The number of esters is 1. The Morgan fingerprint density at radius 1 is 0.594 bits per heavy atom. The minimum Gasteiger partial charge on any atom is -0.463 e. The highest BCUT2D eigenvalue weighted by molar-refractivity contribution is 6.74. The molecule has 6 heteroatoms. The largest absolute Gasteiger partial charge is 0.544 e. The van der Waals surface area contributed by atoms with E-state index in [9.17, 15) is 4.79 Å². The maximum absolute atomic E-state index is 12.7. The molecule has 0 N–H and O–H groups in total. The van der Waals surface area contributed by atoms with E-state index < -0.39 is 8.80 Å². The Labute approximate surface area is 200 Å². The maximum atomic E-state index is 12.7. The number of carbonyl (C=O) groups excluding carboxylic acids is 1. The van der Waals surface area contributed by atoms with Crippen molar-refractivity contribution in [1.29, 1.82) is 0 Å². The zero-order chi connectivity index (χ0) is 23.9. The molecular formula is C26H52O5Si. The van der Waals surface area contributed by atoms with E-state index in [1.54, 1.807) is 0 Å². The van der Waals surface area contributed by atoms with E-state index in [1.165, 1.54) is 77.0 Å². The van der Waals surface area contributed by atoms with Crippen molar-refractivity contribution < 1.29 is 22.8 Å². The lowest BCUT2D eigenvalue weighted by Gasteiger charge is -2.29. The summed E-state index contributed by atoms with van der Waals surface area (Å²) in [7, 11) is -3.24. The number of rotatable bonds is 23. The van der Waals surface area contributed by atoms with E-state index in [1.807, 2.05) is 33.8 Å². The SMILES string of the molecule is CCCCCCCCCCCCCCCC=C(C(=O)OCC)[Si](OCC)(OCC)OCC. The van der Waals surface area contributed by atoms with Crippen LogP contribution in [0.3, 0.4) is 0 Å². The Kier molecular flexibility index (Phi) is 21.6. The van der Waals surface area contributed by atoms with Crippen molar-refractivity contribution in [2.45, 2.75) is 125 Å². The second kappa shape index (κ2) is 22.1. The number of ether oxygens (including phenoxy) is 1. The molecule has 0 saturated heterocycles. The van der Waals surface area contributed by atoms with Gasteiger partial charge >= 0.3 is 14.8 Å². The number of allylic oxidation sites excluding steroid dienone is 1. The molecule has 0 fully saturated rings. The Balaban J connectivity index is 4.39. The minimum atomic E-state index is -3.24. The van der Waals surface area contributed by atoms with Crippen LogP contribution in [0.15, 0.2) is 11.3 Å². The van der Waals surface area contributed by atoms with Gasteiger partial charge in [0.1, 0.15) is 5.20 Å². The molecular weight excluding hydrogens is 420 g/mol. The summed E-state index contributed by atoms with van der Waals surface area (Å²) in [6, 6.07) is 0. The van der Waals surface area contributed by atoms with Crippen LogP contribution in [-0.2, 0) is 22.8 Å². The molecule has 0 bridgehead atoms. The molecule has 0 aromatic heterocycles. The molecule has 5 nitrogen and oxygen atoms in total. The van der Waals surface area contributed by atoms with Crippen LogP contribution in [0.1, 0.15) is 125 Å². The van der Waals surface area contributed by atoms with E-state index in [-0.39, 0.29) is 5.97 Å². The second-order valence-electron chi connectivity index (χ2n) is 8.22. The van der Waals surface area contributed by atoms with Gasteiger partial charge in [-0.25, -0.2) is 4.79 Å². The van der Waals surface area contributed by atoms with Crippen molar-refractivity contribution in [1.82, 2.24) is 0 Å². The van der Waals surface area contributed by atoms with Gasteiger partial charge in [0.25, 0.3) is 0 Å². The van der Waals surface area contributed by atoms with Crippen molar-refractivity contribution >= 4 is 14.8 Å². The summed E-state index contributed by atoms with van der Waals surface area (Å²) in [5, 5.41) is 0.462. The molecule has 0 heterocycles. The van der Waals surface area contributed by atoms with Gasteiger partial charge in [0.15, 0.2) is 0 Å². The van der Waals surface area contributed by atoms with Crippen molar-refractivity contribution in [3.63, 3.8) is 0 Å². The quantitative estimate of drug-likeness (QED) is 0.0665. The summed E-state index contributed by atoms with van der Waals surface area (Å²) in [6.07, 6.45) is 20.0. The third-order valence-corrected chi connectivity index (χ3v) is 8.56. The molecule has 32 heavy (non-hydrogen) atoms. The zero-order valence-electron chi connectivity index (χ0n) is 21.8. The lowest BCUT2D eigenvalue weighted by molar-refractivity contribution is -0.138. The summed E-state index contributed by atoms with van der Waals surface area (Å²) in [4.78, 5) is 12.7. The van der Waals surface area contributed by atoms with E-state index >= 15 is 0 Å². The summed E-state index contributed by atoms with van der Waals surface area (Å²) < 4.78 is 23.1. The normalized spacial score (nSPS) is 12.3. The van der Waals surface area contributed by atoms with Crippen LogP contribution >= 0.6 is 0 Å². The first kappa shape index (κ1) is 31.3. The van der Waals surface area contributed by atoms with E-state index in [0.717, 1.165) is 12.8 Å². The second-order valence-corrected chi connectivity index (χ2v) is 10.7. The lowest BCUT2D eigenvalue weighted by Crippen LogP contribution is -2.51. The minimum absolute atomic E-state index is 0.323. The van der Waals surface area contributed by atoms with Gasteiger partial charge < -0.3 is 18.0 Å². The first-order valence-electron chi connectivity index (χ1n) is 13.4. The smallest absolute Gasteiger partial charge is 0.463 e. The van der Waals surface area contributed by atoms with Gasteiger partial charge in [0, 0.05) is 19.8 Å². The summed E-state index contributed by atoms with van der Waals surface area (Å²) >= 11 is 0. The Hall–Kier alpha value is -0.693. The average Bonchev–Trinajstić information content (AvgIpc) is 2.77. The molecule has 0 aliphatic carbocycles. The predicted octanol–water partition coefficient (Wildman–Crippen LogP) is 7.54. The van der Waals surface area contributed by atoms with Crippen molar-refractivity contribution in [2.24, 2.45) is 0 Å². The summed E-state index contributed by atoms with van der Waals surface area (Å²) in [6.45, 7) is 11.4. The number of hydrogen-bond donors (Lipinski definition) is 0. The predicted molar refractivity (Wildman–Crippen MR) is 136 cm³/mol. The molecule has 0 saturated carbocycles. The fourth-order valence-corrected chi connectivity index (χ4v) is 6.45. The molecule has 0 rings (SSSR count). The van der Waals surface area contributed by atoms with Gasteiger partial charge in [-0.2, -0.15) is 0 Å². The van der Waals surface area contributed by atoms with Crippen LogP contribution in [0.2, 0.25) is 0 Å². The molecule has 0 atom stereocenters. The van der Waals surface area contributed by atoms with Crippen molar-refractivity contribution in [3.05, 3.63) is 11.3 Å². The van der Waals surface area contributed by atoms with Gasteiger partial charge in [0.2, 0.25) is 0 Å². The monoisotopic (exact) mass is 472 g/mol. The maximum Gasteiger partial charge on any atom is 0.544 e. The van der Waals surface area contributed by atoms with Crippen LogP contribution in [0.5, 0.6) is 0 Å². The lowest BCUT2D eigenvalue weighted by atomic mass is 10.0. The van der Waals surface area contributed by atoms with Crippen LogP contribution < -0.4 is 0 Å². The van der Waals surface area contributed by atoms with Crippen molar-refractivity contribution in [2.75, 3.05) is 26.4 Å². The first-order valence-corrected chi connectivity index (χ1v) is 15.1. The van der Waals surface area contributed by atoms with Crippen LogP contribution in [-0.4, -0.2) is 41.2 Å². The van der Waals surface area contributed by atoms with Gasteiger partial charge in [-0.05, 0) is 40.5 Å². The summed E-state index contributed by atoms with van der Waals surface area (Å²) in [5.74, 6) is -0.371. The van der Waals surface area contributed by atoms with Gasteiger partial charge in [-0.1, -0.05) is 90.0 Å². The Morgan fingerprint density at radius 2 is 1.00 bits per heavy atom. The van der Waals surface area contributed by atoms with E-state index in [0.29, 0.717) is 31.6 Å². The fourth-order valence-electron chi connectivity index (χ4n) is 3.88. The third kappa shape index (κ3) is 14.5. The highest BCUT2D eigenvalue weighted by atomic mass is 28.4. The molecule has 190 valence electrons. The third-order valence-electron chi connectivity index (χ3n) is 5.48. The Morgan fingerprint density at radius 3 is 1.38 bits per heavy atom. The molecule has 0 unspecified atom stereocenters. The number of carbonyl (C=O) groups is 1. The van der Waals surface area contributed by atoms with E-state index in [4.69, 9.17) is 18.0 Å². The molecule has 0 aliphatic rings. The Bertz CT molecular complexity index is 450. The van der Waals surface area contributed by atoms with Crippen LogP contribution in [0, 0.1) is 0 Å². The van der Waals surface area contributed by atoms with Gasteiger partial charge in [-0.3, -0.25) is 0 Å². The number of unbranched alkanes of at least 4 members (excludes halogenated alkanes) is 13. The molecule has 0 amide bonds. The zero-order valence-corrected chi connectivity index (χ0v) is 22.8. The number of hydrogen-bond acceptors (Lipinski definition) is 5. The average molecular weight is 473 g/mol. The fraction of sp³-hybridized carbons (Fsp3) is 0.885. The molecule has 0 aromatic rings. The van der Waals surface area contributed by atoms with Gasteiger partial charge in [-0.15, -0.1) is 0 Å². The van der Waals surface area contributed by atoms with Crippen LogP contribution in [0.4, 0.5) is 0 Å². The molecule has 0 aliphatic heterocycles. The first-order chi connectivity index (χ1) is 15.6. The molecule has 0 aromatic carbocycles. The van der Waals surface area contributed by atoms with Crippen molar-refractivity contribution in [3.8, 4) is 0 Å². The summed E-state index contributed by atoms with van der Waals surface area (Å²) in [5.41, 5.74) is 0. The van der Waals surface area contributed by atoms with Gasteiger partial charge in [0.05, 0.1) is 6.61 Å². The highest BCUT2D eigenvalue weighted by Crippen LogP contribution is 2.23. The van der Waals surface area contributed by atoms with E-state index in [2.05, 4.69) is 6.92 Å². The highest BCUT2D eigenvalue weighted by Gasteiger charge is 2.49. The molecule has 0 spiro atoms. The standard InChI is InChI=1S/C26H52O5Si/c1-6-11-12-13-14-15-16-17-18-19-20-21-22-23-24-25(26(27)28-7-2)32(29-8-3,30-9-4)31-10-5/h24H,6-23H2,1-5H3.